The van der Waals surface area contributed by atoms with E-state index in [0.717, 1.165) is 51.7 Å². The van der Waals surface area contributed by atoms with Crippen LogP contribution in [0.4, 0.5) is 0 Å². The van der Waals surface area contributed by atoms with Crippen LogP contribution in [0.1, 0.15) is 16.7 Å². The topological polar surface area (TPSA) is 33.7 Å². The smallest absolute Gasteiger partial charge is 0.123 e. The molecule has 0 aliphatic carbocycles. The number of hydrogen-bond donors (Lipinski definition) is 1. The van der Waals surface area contributed by atoms with Gasteiger partial charge in [0.1, 0.15) is 5.75 Å². The van der Waals surface area contributed by atoms with Crippen molar-refractivity contribution >= 4 is 0 Å². The van der Waals surface area contributed by atoms with Crippen LogP contribution in [0.25, 0.3) is 0 Å². The van der Waals surface area contributed by atoms with E-state index in [9.17, 15) is 0 Å². The third-order valence-corrected chi connectivity index (χ3v) is 3.72. The normalized spacial score (nSPS) is 19.8. The molecule has 4 nitrogen and oxygen atoms in total. The molecule has 0 radical (unpaired) electrons. The first-order valence-electron chi connectivity index (χ1n) is 6.56. The van der Waals surface area contributed by atoms with E-state index < -0.39 is 0 Å². The second-order valence-corrected chi connectivity index (χ2v) is 4.95. The van der Waals surface area contributed by atoms with Gasteiger partial charge in [-0.1, -0.05) is 0 Å². The number of piperazine rings is 1. The molecule has 0 spiro atoms. The van der Waals surface area contributed by atoms with Crippen molar-refractivity contribution in [3.05, 3.63) is 28.8 Å². The van der Waals surface area contributed by atoms with E-state index in [-0.39, 0.29) is 0 Å². The first-order valence-corrected chi connectivity index (χ1v) is 6.56. The van der Waals surface area contributed by atoms with E-state index in [2.05, 4.69) is 22.3 Å². The zero-order chi connectivity index (χ0) is 12.4. The molecule has 3 rings (SSSR count). The summed E-state index contributed by atoms with van der Waals surface area (Å²) in [7, 11) is 1.75. The predicted octanol–water partition coefficient (Wildman–Crippen LogP) is 1.13. The van der Waals surface area contributed by atoms with Gasteiger partial charge in [0.25, 0.3) is 0 Å². The van der Waals surface area contributed by atoms with Crippen LogP contribution in [0.5, 0.6) is 5.75 Å². The number of ether oxygens (including phenoxy) is 2. The maximum atomic E-state index is 5.51. The second kappa shape index (κ2) is 5.26. The number of rotatable bonds is 3. The summed E-state index contributed by atoms with van der Waals surface area (Å²) < 4.78 is 11.0. The average molecular weight is 248 g/mol. The SMILES string of the molecule is COc1cc2c(cc1CN1CCNCC1)COC2. The fourth-order valence-corrected chi connectivity index (χ4v) is 2.68. The molecule has 98 valence electrons. The Labute approximate surface area is 108 Å². The second-order valence-electron chi connectivity index (χ2n) is 4.95. The summed E-state index contributed by atoms with van der Waals surface area (Å²) in [5, 5.41) is 3.38. The fraction of sp³-hybridized carbons (Fsp3) is 0.571. The Morgan fingerprint density at radius 3 is 2.67 bits per heavy atom. The lowest BCUT2D eigenvalue weighted by molar-refractivity contribution is 0.134. The van der Waals surface area contributed by atoms with Gasteiger partial charge < -0.3 is 14.8 Å². The molecule has 1 aromatic carbocycles. The van der Waals surface area contributed by atoms with Gasteiger partial charge in [0.15, 0.2) is 0 Å². The number of nitrogens with one attached hydrogen (secondary N) is 1. The van der Waals surface area contributed by atoms with Crippen LogP contribution in [0, 0.1) is 0 Å². The van der Waals surface area contributed by atoms with Gasteiger partial charge in [0, 0.05) is 38.3 Å². The quantitative estimate of drug-likeness (QED) is 0.869. The highest BCUT2D eigenvalue weighted by Gasteiger charge is 2.18. The Morgan fingerprint density at radius 2 is 1.94 bits per heavy atom. The highest BCUT2D eigenvalue weighted by atomic mass is 16.5. The number of hydrogen-bond acceptors (Lipinski definition) is 4. The van der Waals surface area contributed by atoms with Crippen molar-refractivity contribution < 1.29 is 9.47 Å². The molecular formula is C14H20N2O2. The van der Waals surface area contributed by atoms with Gasteiger partial charge in [-0.3, -0.25) is 4.90 Å². The summed E-state index contributed by atoms with van der Waals surface area (Å²) in [5.41, 5.74) is 3.88. The van der Waals surface area contributed by atoms with Crippen molar-refractivity contribution in [1.29, 1.82) is 0 Å². The van der Waals surface area contributed by atoms with Crippen molar-refractivity contribution in [2.45, 2.75) is 19.8 Å². The molecule has 2 aliphatic heterocycles. The molecule has 0 unspecified atom stereocenters. The van der Waals surface area contributed by atoms with Gasteiger partial charge in [0.2, 0.25) is 0 Å². The van der Waals surface area contributed by atoms with Crippen molar-refractivity contribution in [2.75, 3.05) is 33.3 Å². The van der Waals surface area contributed by atoms with E-state index in [1.54, 1.807) is 7.11 Å². The molecule has 0 bridgehead atoms. The van der Waals surface area contributed by atoms with Crippen molar-refractivity contribution in [3.8, 4) is 5.75 Å². The van der Waals surface area contributed by atoms with Gasteiger partial charge in [-0.15, -0.1) is 0 Å². The van der Waals surface area contributed by atoms with E-state index in [1.807, 2.05) is 0 Å². The molecule has 2 heterocycles. The summed E-state index contributed by atoms with van der Waals surface area (Å²) >= 11 is 0. The van der Waals surface area contributed by atoms with Gasteiger partial charge in [-0.2, -0.15) is 0 Å². The number of benzene rings is 1. The number of fused-ring (bicyclic) bond motifs is 1. The molecule has 1 saturated heterocycles. The van der Waals surface area contributed by atoms with Crippen LogP contribution >= 0.6 is 0 Å². The molecular weight excluding hydrogens is 228 g/mol. The standard InChI is InChI=1S/C14H20N2O2/c1-17-14-7-13-10-18-9-12(13)6-11(14)8-16-4-2-15-3-5-16/h6-7,15H,2-5,8-10H2,1H3. The van der Waals surface area contributed by atoms with E-state index >= 15 is 0 Å². The van der Waals surface area contributed by atoms with Crippen molar-refractivity contribution in [2.24, 2.45) is 0 Å². The lowest BCUT2D eigenvalue weighted by Gasteiger charge is -2.28. The highest BCUT2D eigenvalue weighted by molar-refractivity contribution is 5.43. The Bertz CT molecular complexity index is 428. The monoisotopic (exact) mass is 248 g/mol. The largest absolute Gasteiger partial charge is 0.496 e. The summed E-state index contributed by atoms with van der Waals surface area (Å²) in [6, 6.07) is 4.39. The number of methoxy groups -OCH3 is 1. The lowest BCUT2D eigenvalue weighted by atomic mass is 10.0. The molecule has 0 aromatic heterocycles. The van der Waals surface area contributed by atoms with E-state index in [4.69, 9.17) is 9.47 Å². The summed E-state index contributed by atoms with van der Waals surface area (Å²) in [6.45, 7) is 6.81. The van der Waals surface area contributed by atoms with Crippen molar-refractivity contribution in [3.63, 3.8) is 0 Å². The van der Waals surface area contributed by atoms with Crippen LogP contribution in [0.15, 0.2) is 12.1 Å². The third kappa shape index (κ3) is 2.36. The first-order chi connectivity index (χ1) is 8.86. The fourth-order valence-electron chi connectivity index (χ4n) is 2.68. The third-order valence-electron chi connectivity index (χ3n) is 3.72. The van der Waals surface area contributed by atoms with Crippen LogP contribution in [-0.2, 0) is 24.5 Å². The summed E-state index contributed by atoms with van der Waals surface area (Å²) in [6.07, 6.45) is 0. The summed E-state index contributed by atoms with van der Waals surface area (Å²) in [5.74, 6) is 0.998. The average Bonchev–Trinajstić information content (AvgIpc) is 2.86. The highest BCUT2D eigenvalue weighted by Crippen LogP contribution is 2.29. The summed E-state index contributed by atoms with van der Waals surface area (Å²) in [4.78, 5) is 2.47. The predicted molar refractivity (Wildman–Crippen MR) is 69.6 cm³/mol. The maximum absolute atomic E-state index is 5.51. The zero-order valence-corrected chi connectivity index (χ0v) is 10.9. The van der Waals surface area contributed by atoms with Crippen LogP contribution < -0.4 is 10.1 Å². The van der Waals surface area contributed by atoms with Gasteiger partial charge in [-0.05, 0) is 23.3 Å². The van der Waals surface area contributed by atoms with Gasteiger partial charge in [0.05, 0.1) is 20.3 Å². The molecule has 1 aromatic rings. The Kier molecular flexibility index (Phi) is 3.50. The Morgan fingerprint density at radius 1 is 1.22 bits per heavy atom. The molecule has 4 heteroatoms. The van der Waals surface area contributed by atoms with Crippen molar-refractivity contribution in [1.82, 2.24) is 10.2 Å². The Hall–Kier alpha value is -1.10. The molecule has 18 heavy (non-hydrogen) atoms. The van der Waals surface area contributed by atoms with Crippen LogP contribution in [0.3, 0.4) is 0 Å². The minimum atomic E-state index is 0.722. The molecule has 0 amide bonds. The minimum absolute atomic E-state index is 0.722. The molecule has 1 fully saturated rings. The minimum Gasteiger partial charge on any atom is -0.496 e. The molecule has 0 saturated carbocycles. The van der Waals surface area contributed by atoms with Crippen LogP contribution in [0.2, 0.25) is 0 Å². The first kappa shape index (κ1) is 12.0. The van der Waals surface area contributed by atoms with E-state index in [1.165, 1.54) is 16.7 Å². The zero-order valence-electron chi connectivity index (χ0n) is 10.9. The Balaban J connectivity index is 1.81. The lowest BCUT2D eigenvalue weighted by Crippen LogP contribution is -2.42. The van der Waals surface area contributed by atoms with Gasteiger partial charge in [-0.25, -0.2) is 0 Å². The van der Waals surface area contributed by atoms with Gasteiger partial charge >= 0.3 is 0 Å². The maximum Gasteiger partial charge on any atom is 0.123 e. The van der Waals surface area contributed by atoms with Crippen LogP contribution in [-0.4, -0.2) is 38.2 Å². The number of nitrogens with zero attached hydrogens (tertiary/aromatic N) is 1. The molecule has 1 N–H and O–H groups in total. The molecule has 2 aliphatic rings. The molecule has 0 atom stereocenters. The van der Waals surface area contributed by atoms with E-state index in [0.29, 0.717) is 0 Å².